The van der Waals surface area contributed by atoms with Crippen LogP contribution in [0.3, 0.4) is 0 Å². The molecule has 1 amide bonds. The number of aliphatic carboxylic acids is 1. The molecule has 0 bridgehead atoms. The van der Waals surface area contributed by atoms with Crippen LogP contribution in [0.1, 0.15) is 5.56 Å². The van der Waals surface area contributed by atoms with Gasteiger partial charge >= 0.3 is 5.97 Å². The van der Waals surface area contributed by atoms with Crippen molar-refractivity contribution in [3.8, 4) is 5.75 Å². The number of aliphatic imine (C=N–C) groups is 1. The number of rotatable bonds is 6. The highest BCUT2D eigenvalue weighted by Gasteiger charge is 2.30. The molecule has 1 N–H and O–H groups in total. The first kappa shape index (κ1) is 23.3. The van der Waals surface area contributed by atoms with Crippen LogP contribution in [-0.4, -0.2) is 67.0 Å². The highest BCUT2D eigenvalue weighted by molar-refractivity contribution is 9.10. The van der Waals surface area contributed by atoms with Gasteiger partial charge in [-0.1, -0.05) is 15.9 Å². The zero-order chi connectivity index (χ0) is 23.4. The lowest BCUT2D eigenvalue weighted by Gasteiger charge is -2.28. The Kier molecular flexibility index (Phi) is 7.36. The molecule has 2 aromatic rings. The van der Waals surface area contributed by atoms with Gasteiger partial charge < -0.3 is 19.5 Å². The van der Waals surface area contributed by atoms with Crippen LogP contribution in [0, 0.1) is 0 Å². The van der Waals surface area contributed by atoms with E-state index in [1.165, 1.54) is 16.7 Å². The highest BCUT2D eigenvalue weighted by Crippen LogP contribution is 2.35. The van der Waals surface area contributed by atoms with Gasteiger partial charge in [-0.3, -0.25) is 9.69 Å². The first-order chi connectivity index (χ1) is 15.9. The van der Waals surface area contributed by atoms with Crippen LogP contribution in [0.2, 0.25) is 0 Å². The largest absolute Gasteiger partial charge is 0.481 e. The number of carboxylic acids is 1. The van der Waals surface area contributed by atoms with E-state index in [9.17, 15) is 9.59 Å². The van der Waals surface area contributed by atoms with Gasteiger partial charge in [0.2, 0.25) is 0 Å². The molecule has 2 aromatic carbocycles. The maximum absolute atomic E-state index is 12.8. The summed E-state index contributed by atoms with van der Waals surface area (Å²) in [6.45, 7) is 2.71. The lowest BCUT2D eigenvalue weighted by Crippen LogP contribution is -2.36. The van der Waals surface area contributed by atoms with Crippen molar-refractivity contribution < 1.29 is 24.2 Å². The summed E-state index contributed by atoms with van der Waals surface area (Å²) in [4.78, 5) is 32.6. The summed E-state index contributed by atoms with van der Waals surface area (Å²) in [5.41, 5.74) is 2.48. The van der Waals surface area contributed by atoms with E-state index in [2.05, 4.69) is 25.8 Å². The van der Waals surface area contributed by atoms with E-state index >= 15 is 0 Å². The number of anilines is 1. The molecule has 8 nitrogen and oxygen atoms in total. The number of hydrogen-bond acceptors (Lipinski definition) is 7. The maximum Gasteiger partial charge on any atom is 0.341 e. The highest BCUT2D eigenvalue weighted by atomic mass is 79.9. The summed E-state index contributed by atoms with van der Waals surface area (Å²) in [5, 5.41) is 9.47. The van der Waals surface area contributed by atoms with Crippen LogP contribution >= 0.6 is 27.7 Å². The SMILES string of the molecule is CN1C(=O)/C(=C/c2cc(Br)ccc2OCC(=O)O)SC1=Nc1ccc(N2CCOCC2)cc1. The van der Waals surface area contributed by atoms with Crippen molar-refractivity contribution in [1.82, 2.24) is 4.90 Å². The third-order valence-corrected chi connectivity index (χ3v) is 6.62. The minimum atomic E-state index is -1.07. The molecule has 10 heteroatoms. The van der Waals surface area contributed by atoms with Crippen molar-refractivity contribution in [1.29, 1.82) is 0 Å². The summed E-state index contributed by atoms with van der Waals surface area (Å²) in [6.07, 6.45) is 1.69. The Bertz CT molecular complexity index is 1110. The second-order valence-electron chi connectivity index (χ2n) is 7.35. The second kappa shape index (κ2) is 10.4. The van der Waals surface area contributed by atoms with Crippen LogP contribution in [0.25, 0.3) is 6.08 Å². The minimum Gasteiger partial charge on any atom is -0.481 e. The molecular weight excluding hydrogens is 510 g/mol. The zero-order valence-corrected chi connectivity index (χ0v) is 20.3. The third kappa shape index (κ3) is 5.76. The molecule has 0 radical (unpaired) electrons. The van der Waals surface area contributed by atoms with Crippen LogP contribution in [-0.2, 0) is 14.3 Å². The fraction of sp³-hybridized carbons (Fsp3) is 0.261. The molecule has 0 spiro atoms. The number of likely N-dealkylation sites (N-methyl/N-ethyl adjacent to an activating group) is 1. The first-order valence-electron chi connectivity index (χ1n) is 10.2. The van der Waals surface area contributed by atoms with Gasteiger partial charge in [0.1, 0.15) is 5.75 Å². The summed E-state index contributed by atoms with van der Waals surface area (Å²) in [7, 11) is 1.68. The first-order valence-corrected chi connectivity index (χ1v) is 11.8. The average molecular weight is 532 g/mol. The lowest BCUT2D eigenvalue weighted by atomic mass is 10.2. The van der Waals surface area contributed by atoms with Crippen LogP contribution < -0.4 is 9.64 Å². The van der Waals surface area contributed by atoms with Gasteiger partial charge in [-0.05, 0) is 60.3 Å². The number of carbonyl (C=O) groups is 2. The third-order valence-electron chi connectivity index (χ3n) is 5.06. The van der Waals surface area contributed by atoms with Gasteiger partial charge in [-0.2, -0.15) is 0 Å². The van der Waals surface area contributed by atoms with Gasteiger partial charge in [0, 0.05) is 35.9 Å². The number of carbonyl (C=O) groups excluding carboxylic acids is 1. The number of ether oxygens (including phenoxy) is 2. The Balaban J connectivity index is 1.54. The van der Waals surface area contributed by atoms with Crippen molar-refractivity contribution in [2.75, 3.05) is 44.9 Å². The van der Waals surface area contributed by atoms with Crippen molar-refractivity contribution in [2.24, 2.45) is 4.99 Å². The predicted molar refractivity (Wildman–Crippen MR) is 132 cm³/mol. The minimum absolute atomic E-state index is 0.187. The van der Waals surface area contributed by atoms with Gasteiger partial charge in [-0.25, -0.2) is 9.79 Å². The molecular formula is C23H22BrN3O5S. The predicted octanol–water partition coefficient (Wildman–Crippen LogP) is 3.98. The molecule has 0 aliphatic carbocycles. The Labute approximate surface area is 204 Å². The van der Waals surface area contributed by atoms with E-state index < -0.39 is 12.6 Å². The van der Waals surface area contributed by atoms with E-state index in [-0.39, 0.29) is 5.91 Å². The van der Waals surface area contributed by atoms with Gasteiger partial charge in [-0.15, -0.1) is 0 Å². The van der Waals surface area contributed by atoms with Gasteiger partial charge in [0.25, 0.3) is 5.91 Å². The van der Waals surface area contributed by atoms with E-state index in [1.54, 1.807) is 31.3 Å². The summed E-state index contributed by atoms with van der Waals surface area (Å²) in [6, 6.07) is 13.1. The number of amides is 1. The molecule has 0 unspecified atom stereocenters. The number of hydrogen-bond donors (Lipinski definition) is 1. The Hall–Kier alpha value is -2.82. The average Bonchev–Trinajstić information content (AvgIpc) is 3.07. The fourth-order valence-electron chi connectivity index (χ4n) is 3.37. The van der Waals surface area contributed by atoms with E-state index in [1.807, 2.05) is 24.3 Å². The van der Waals surface area contributed by atoms with Gasteiger partial charge in [0.05, 0.1) is 23.8 Å². The van der Waals surface area contributed by atoms with Crippen molar-refractivity contribution in [2.45, 2.75) is 0 Å². The molecule has 0 atom stereocenters. The molecule has 2 fully saturated rings. The molecule has 2 heterocycles. The second-order valence-corrected chi connectivity index (χ2v) is 9.27. The lowest BCUT2D eigenvalue weighted by molar-refractivity contribution is -0.139. The van der Waals surface area contributed by atoms with Crippen LogP contribution in [0.15, 0.2) is 56.8 Å². The van der Waals surface area contributed by atoms with E-state index in [0.717, 1.165) is 42.2 Å². The molecule has 0 saturated carbocycles. The number of thioether (sulfide) groups is 1. The smallest absolute Gasteiger partial charge is 0.341 e. The number of benzene rings is 2. The number of morpholine rings is 1. The summed E-state index contributed by atoms with van der Waals surface area (Å²) < 4.78 is 11.6. The monoisotopic (exact) mass is 531 g/mol. The zero-order valence-electron chi connectivity index (χ0n) is 17.9. The fourth-order valence-corrected chi connectivity index (χ4v) is 4.72. The molecule has 4 rings (SSSR count). The molecule has 33 heavy (non-hydrogen) atoms. The number of halogens is 1. The van der Waals surface area contributed by atoms with Crippen molar-refractivity contribution in [3.63, 3.8) is 0 Å². The maximum atomic E-state index is 12.8. The molecule has 2 aliphatic heterocycles. The molecule has 0 aromatic heterocycles. The normalized spacial score (nSPS) is 18.9. The Morgan fingerprint density at radius 2 is 1.97 bits per heavy atom. The summed E-state index contributed by atoms with van der Waals surface area (Å²) in [5.74, 6) is -0.877. The van der Waals surface area contributed by atoms with Crippen molar-refractivity contribution >= 4 is 62.2 Å². The summed E-state index contributed by atoms with van der Waals surface area (Å²) >= 11 is 4.67. The standard InChI is InChI=1S/C23H22BrN3O5S/c1-26-22(30)20(13-15-12-16(24)2-7-19(15)32-14-21(28)29)33-23(26)25-17-3-5-18(6-4-17)27-8-10-31-11-9-27/h2-7,12-13H,8-11,14H2,1H3,(H,28,29)/b20-13-,25-23?. The Morgan fingerprint density at radius 3 is 2.67 bits per heavy atom. The quantitative estimate of drug-likeness (QED) is 0.563. The molecule has 2 aliphatic rings. The Morgan fingerprint density at radius 1 is 1.24 bits per heavy atom. The van der Waals surface area contributed by atoms with E-state index in [0.29, 0.717) is 21.4 Å². The number of amidine groups is 1. The van der Waals surface area contributed by atoms with Crippen LogP contribution in [0.4, 0.5) is 11.4 Å². The topological polar surface area (TPSA) is 91.7 Å². The number of carboxylic acid groups (broad SMARTS) is 1. The number of nitrogens with zero attached hydrogens (tertiary/aromatic N) is 3. The molecule has 172 valence electrons. The molecule has 2 saturated heterocycles. The van der Waals surface area contributed by atoms with Crippen LogP contribution in [0.5, 0.6) is 5.75 Å². The van der Waals surface area contributed by atoms with E-state index in [4.69, 9.17) is 14.6 Å². The van der Waals surface area contributed by atoms with Crippen molar-refractivity contribution in [3.05, 3.63) is 57.4 Å². The van der Waals surface area contributed by atoms with Gasteiger partial charge in [0.15, 0.2) is 11.8 Å².